The topological polar surface area (TPSA) is 70.4 Å². The summed E-state index contributed by atoms with van der Waals surface area (Å²) >= 11 is 0.741. The molecule has 0 bridgehead atoms. The van der Waals surface area contributed by atoms with Crippen LogP contribution in [0.15, 0.2) is 6.20 Å². The minimum Gasteiger partial charge on any atom is -0.498 e. The van der Waals surface area contributed by atoms with Gasteiger partial charge in [0.2, 0.25) is 5.01 Å². The summed E-state index contributed by atoms with van der Waals surface area (Å²) in [5, 5.41) is 16.7. The summed E-state index contributed by atoms with van der Waals surface area (Å²) in [6.45, 7) is 0. The highest BCUT2D eigenvalue weighted by molar-refractivity contribution is 7.15. The van der Waals surface area contributed by atoms with E-state index in [9.17, 15) is 4.79 Å². The fourth-order valence-electron chi connectivity index (χ4n) is 0.364. The minimum atomic E-state index is -1.11. The first-order valence-electron chi connectivity index (χ1n) is 2.08. The van der Waals surface area contributed by atoms with Crippen molar-refractivity contribution < 1.29 is 15.0 Å². The second-order valence-corrected chi connectivity index (χ2v) is 2.32. The molecule has 4 nitrogen and oxygen atoms in total. The first kappa shape index (κ1) is 6.03. The number of nitrogens with zero attached hydrogens (tertiary/aromatic N) is 1. The average molecular weight is 145 g/mol. The van der Waals surface area contributed by atoms with Crippen LogP contribution in [-0.2, 0) is 0 Å². The molecule has 0 saturated carbocycles. The molecule has 0 fully saturated rings. The molecule has 1 rings (SSSR count). The minimum absolute atomic E-state index is 0.0765. The van der Waals surface area contributed by atoms with Crippen LogP contribution in [0.1, 0.15) is 9.80 Å². The quantitative estimate of drug-likeness (QED) is 0.605. The number of rotatable bonds is 1. The highest BCUT2D eigenvalue weighted by atomic mass is 32.1. The lowest BCUT2D eigenvalue weighted by atomic mass is 10.7. The summed E-state index contributed by atoms with van der Waals surface area (Å²) in [5.74, 6) is -1.11. The van der Waals surface area contributed by atoms with E-state index in [0.29, 0.717) is 0 Å². The first-order valence-corrected chi connectivity index (χ1v) is 2.90. The number of carboxylic acids is 1. The molecule has 0 radical (unpaired) electrons. The number of hydrogen-bond donors (Lipinski definition) is 2. The summed E-state index contributed by atoms with van der Waals surface area (Å²) in [7, 11) is 0. The Labute approximate surface area is 54.4 Å². The molecule has 9 heavy (non-hydrogen) atoms. The summed E-state index contributed by atoms with van der Waals surface area (Å²) < 4.78 is 0. The van der Waals surface area contributed by atoms with Gasteiger partial charge in [0.05, 0.1) is 6.20 Å². The number of carboxylic acid groups (broad SMARTS) is 1. The number of aromatic carboxylic acids is 1. The van der Waals surface area contributed by atoms with Crippen molar-refractivity contribution in [2.24, 2.45) is 0 Å². The Morgan fingerprint density at radius 3 is 2.67 bits per heavy atom. The molecule has 0 amide bonds. The van der Waals surface area contributed by atoms with Gasteiger partial charge in [-0.2, -0.15) is 0 Å². The van der Waals surface area contributed by atoms with Crippen LogP contribution in [0.25, 0.3) is 0 Å². The molecule has 2 N–H and O–H groups in total. The Morgan fingerprint density at radius 2 is 2.44 bits per heavy atom. The average Bonchev–Trinajstić information content (AvgIpc) is 2.14. The molecule has 0 aliphatic carbocycles. The van der Waals surface area contributed by atoms with Gasteiger partial charge in [-0.1, -0.05) is 11.3 Å². The van der Waals surface area contributed by atoms with E-state index in [0.717, 1.165) is 17.5 Å². The lowest BCUT2D eigenvalue weighted by Crippen LogP contribution is -1.92. The summed E-state index contributed by atoms with van der Waals surface area (Å²) in [4.78, 5) is 13.4. The van der Waals surface area contributed by atoms with Gasteiger partial charge in [0.15, 0.2) is 5.06 Å². The molecule has 0 saturated heterocycles. The van der Waals surface area contributed by atoms with Crippen molar-refractivity contribution in [1.29, 1.82) is 0 Å². The normalized spacial score (nSPS) is 9.33. The third kappa shape index (κ3) is 1.17. The molecule has 1 heterocycles. The van der Waals surface area contributed by atoms with E-state index in [4.69, 9.17) is 10.2 Å². The number of carbonyl (C=O) groups is 1. The van der Waals surface area contributed by atoms with E-state index in [1.807, 2.05) is 0 Å². The van der Waals surface area contributed by atoms with Crippen LogP contribution in [0.2, 0.25) is 0 Å². The van der Waals surface area contributed by atoms with Crippen LogP contribution < -0.4 is 0 Å². The SMILES string of the molecule is O=C(O)c1ncc(O)s1. The van der Waals surface area contributed by atoms with Crippen molar-refractivity contribution in [3.63, 3.8) is 0 Å². The fraction of sp³-hybridized carbons (Fsp3) is 0. The highest BCUT2D eigenvalue weighted by Crippen LogP contribution is 2.18. The second kappa shape index (κ2) is 2.02. The molecule has 0 atom stereocenters. The van der Waals surface area contributed by atoms with Gasteiger partial charge in [-0.25, -0.2) is 9.78 Å². The molecule has 0 aliphatic heterocycles. The van der Waals surface area contributed by atoms with E-state index >= 15 is 0 Å². The summed E-state index contributed by atoms with van der Waals surface area (Å²) in [6.07, 6.45) is 1.11. The van der Waals surface area contributed by atoms with Crippen molar-refractivity contribution in [2.75, 3.05) is 0 Å². The molecule has 48 valence electrons. The third-order valence-corrected chi connectivity index (χ3v) is 1.46. The Kier molecular flexibility index (Phi) is 1.35. The Hall–Kier alpha value is -1.10. The lowest BCUT2D eigenvalue weighted by Gasteiger charge is -1.77. The van der Waals surface area contributed by atoms with Crippen LogP contribution in [0.5, 0.6) is 5.06 Å². The van der Waals surface area contributed by atoms with Gasteiger partial charge < -0.3 is 10.2 Å². The number of hydrogen-bond acceptors (Lipinski definition) is 4. The zero-order valence-corrected chi connectivity index (χ0v) is 5.05. The molecule has 0 unspecified atom stereocenters. The van der Waals surface area contributed by atoms with Crippen LogP contribution in [0.4, 0.5) is 0 Å². The maximum atomic E-state index is 10.1. The van der Waals surface area contributed by atoms with Crippen molar-refractivity contribution in [1.82, 2.24) is 4.98 Å². The largest absolute Gasteiger partial charge is 0.498 e. The molecule has 0 aliphatic rings. The maximum Gasteiger partial charge on any atom is 0.365 e. The molecule has 0 aromatic carbocycles. The van der Waals surface area contributed by atoms with Gasteiger partial charge in [-0.3, -0.25) is 0 Å². The van der Waals surface area contributed by atoms with Crippen LogP contribution in [-0.4, -0.2) is 21.2 Å². The predicted molar refractivity (Wildman–Crippen MR) is 30.7 cm³/mol. The van der Waals surface area contributed by atoms with Gasteiger partial charge in [-0.05, 0) is 0 Å². The van der Waals surface area contributed by atoms with Crippen LogP contribution >= 0.6 is 11.3 Å². The zero-order valence-electron chi connectivity index (χ0n) is 4.24. The van der Waals surface area contributed by atoms with Crippen molar-refractivity contribution >= 4 is 17.3 Å². The van der Waals surface area contributed by atoms with E-state index < -0.39 is 5.97 Å². The first-order chi connectivity index (χ1) is 4.20. The molecular weight excluding hydrogens is 142 g/mol. The summed E-state index contributed by atoms with van der Waals surface area (Å²) in [6, 6.07) is 0. The number of thiazole rings is 1. The predicted octanol–water partition coefficient (Wildman–Crippen LogP) is 0.547. The fourth-order valence-corrected chi connectivity index (χ4v) is 0.861. The Balaban J connectivity index is 2.98. The summed E-state index contributed by atoms with van der Waals surface area (Å²) in [5.41, 5.74) is 0. The maximum absolute atomic E-state index is 10.1. The van der Waals surface area contributed by atoms with E-state index in [1.54, 1.807) is 0 Å². The highest BCUT2D eigenvalue weighted by Gasteiger charge is 2.06. The third-order valence-electron chi connectivity index (χ3n) is 0.676. The van der Waals surface area contributed by atoms with Crippen LogP contribution in [0.3, 0.4) is 0 Å². The Morgan fingerprint density at radius 1 is 1.78 bits per heavy atom. The van der Waals surface area contributed by atoms with E-state index in [-0.39, 0.29) is 10.1 Å². The second-order valence-electron chi connectivity index (χ2n) is 1.31. The van der Waals surface area contributed by atoms with Gasteiger partial charge in [0.1, 0.15) is 0 Å². The van der Waals surface area contributed by atoms with Gasteiger partial charge in [-0.15, -0.1) is 0 Å². The standard InChI is InChI=1S/C4H3NO3S/c6-2-1-5-3(9-2)4(7)8/h1,6H,(H,7,8). The molecular formula is C4H3NO3S. The van der Waals surface area contributed by atoms with E-state index in [1.165, 1.54) is 0 Å². The van der Waals surface area contributed by atoms with Gasteiger partial charge >= 0.3 is 5.97 Å². The van der Waals surface area contributed by atoms with Crippen molar-refractivity contribution in [3.05, 3.63) is 11.2 Å². The molecule has 1 aromatic heterocycles. The zero-order chi connectivity index (χ0) is 6.85. The number of aromatic nitrogens is 1. The molecule has 1 aromatic rings. The van der Waals surface area contributed by atoms with Crippen molar-refractivity contribution in [2.45, 2.75) is 0 Å². The number of aromatic hydroxyl groups is 1. The van der Waals surface area contributed by atoms with Gasteiger partial charge in [0, 0.05) is 0 Å². The molecule has 5 heteroatoms. The van der Waals surface area contributed by atoms with E-state index in [2.05, 4.69) is 4.98 Å². The van der Waals surface area contributed by atoms with Gasteiger partial charge in [0.25, 0.3) is 0 Å². The monoisotopic (exact) mass is 145 g/mol. The molecule has 0 spiro atoms. The van der Waals surface area contributed by atoms with Crippen LogP contribution in [0, 0.1) is 0 Å². The van der Waals surface area contributed by atoms with Crippen molar-refractivity contribution in [3.8, 4) is 5.06 Å². The lowest BCUT2D eigenvalue weighted by molar-refractivity contribution is 0.0696. The Bertz CT molecular complexity index is 231. The smallest absolute Gasteiger partial charge is 0.365 e.